The van der Waals surface area contributed by atoms with Gasteiger partial charge in [-0.15, -0.1) is 0 Å². The van der Waals surface area contributed by atoms with E-state index >= 15 is 0 Å². The van der Waals surface area contributed by atoms with Gasteiger partial charge in [-0.1, -0.05) is 0 Å². The fraction of sp³-hybridized carbons (Fsp3) is 0.526. The van der Waals surface area contributed by atoms with Gasteiger partial charge in [0.25, 0.3) is 5.91 Å². The van der Waals surface area contributed by atoms with Crippen LogP contribution in [0, 0.1) is 5.92 Å². The molecule has 0 spiro atoms. The molecule has 0 aromatic carbocycles. The standard InChI is InChI=1S/C19H24N4O2/c1-22-12-15(10-21-22)9-17-18(25-13-14-4-5-14)6-8-23(17)19(24)16-3-2-7-20-11-16/h2-3,7,10-12,14,17-18H,4-6,8-9,13H2,1H3/t17-,18-/m0/s1. The Balaban J connectivity index is 1.52. The lowest BCUT2D eigenvalue weighted by Crippen LogP contribution is -2.42. The quantitative estimate of drug-likeness (QED) is 0.808. The van der Waals surface area contributed by atoms with Crippen LogP contribution in [0.15, 0.2) is 36.9 Å². The highest BCUT2D eigenvalue weighted by atomic mass is 16.5. The number of hydrogen-bond acceptors (Lipinski definition) is 4. The van der Waals surface area contributed by atoms with Gasteiger partial charge in [0.05, 0.1) is 23.9 Å². The van der Waals surface area contributed by atoms with Gasteiger partial charge >= 0.3 is 0 Å². The van der Waals surface area contributed by atoms with E-state index in [4.69, 9.17) is 4.74 Å². The summed E-state index contributed by atoms with van der Waals surface area (Å²) < 4.78 is 8.00. The molecule has 2 aromatic heterocycles. The van der Waals surface area contributed by atoms with E-state index in [2.05, 4.69) is 10.1 Å². The van der Waals surface area contributed by atoms with Crippen LogP contribution in [0.25, 0.3) is 0 Å². The van der Waals surface area contributed by atoms with Crippen molar-refractivity contribution in [1.29, 1.82) is 0 Å². The van der Waals surface area contributed by atoms with Crippen molar-refractivity contribution in [2.45, 2.75) is 37.8 Å². The molecule has 2 aromatic rings. The normalized spacial score (nSPS) is 23.2. The molecular weight excluding hydrogens is 316 g/mol. The number of amides is 1. The topological polar surface area (TPSA) is 60.2 Å². The van der Waals surface area contributed by atoms with Crippen LogP contribution in [0.5, 0.6) is 0 Å². The Morgan fingerprint density at radius 1 is 1.32 bits per heavy atom. The lowest BCUT2D eigenvalue weighted by molar-refractivity contribution is 0.0200. The second-order valence-corrected chi connectivity index (χ2v) is 7.14. The average Bonchev–Trinajstić information content (AvgIpc) is 3.25. The van der Waals surface area contributed by atoms with E-state index in [0.29, 0.717) is 5.56 Å². The summed E-state index contributed by atoms with van der Waals surface area (Å²) >= 11 is 0. The highest BCUT2D eigenvalue weighted by molar-refractivity contribution is 5.94. The number of aryl methyl sites for hydroxylation is 1. The summed E-state index contributed by atoms with van der Waals surface area (Å²) in [5.74, 6) is 0.765. The number of likely N-dealkylation sites (tertiary alicyclic amines) is 1. The maximum Gasteiger partial charge on any atom is 0.255 e. The monoisotopic (exact) mass is 340 g/mol. The maximum absolute atomic E-state index is 13.0. The molecular formula is C19H24N4O2. The van der Waals surface area contributed by atoms with Gasteiger partial charge in [0.1, 0.15) is 0 Å². The van der Waals surface area contributed by atoms with Crippen LogP contribution in [-0.4, -0.2) is 50.9 Å². The molecule has 1 saturated carbocycles. The van der Waals surface area contributed by atoms with Gasteiger partial charge in [-0.3, -0.25) is 14.5 Å². The predicted molar refractivity (Wildman–Crippen MR) is 93.1 cm³/mol. The summed E-state index contributed by atoms with van der Waals surface area (Å²) in [6.07, 6.45) is 11.5. The first kappa shape index (κ1) is 16.3. The van der Waals surface area contributed by atoms with Gasteiger partial charge in [0, 0.05) is 38.8 Å². The molecule has 0 N–H and O–H groups in total. The minimum absolute atomic E-state index is 0.0412. The van der Waals surface area contributed by atoms with Crippen molar-refractivity contribution < 1.29 is 9.53 Å². The fourth-order valence-electron chi connectivity index (χ4n) is 3.53. The van der Waals surface area contributed by atoms with E-state index in [0.717, 1.165) is 37.5 Å². The molecule has 3 heterocycles. The molecule has 2 atom stereocenters. The number of nitrogens with zero attached hydrogens (tertiary/aromatic N) is 4. The third kappa shape index (κ3) is 3.74. The molecule has 4 rings (SSSR count). The molecule has 6 heteroatoms. The zero-order valence-electron chi connectivity index (χ0n) is 14.5. The van der Waals surface area contributed by atoms with E-state index in [1.807, 2.05) is 30.4 Å². The Bertz CT molecular complexity index is 726. The van der Waals surface area contributed by atoms with Crippen molar-refractivity contribution in [2.75, 3.05) is 13.2 Å². The van der Waals surface area contributed by atoms with Crippen molar-refractivity contribution >= 4 is 5.91 Å². The van der Waals surface area contributed by atoms with E-state index in [9.17, 15) is 4.79 Å². The summed E-state index contributed by atoms with van der Waals surface area (Å²) in [6.45, 7) is 1.55. The molecule has 0 radical (unpaired) electrons. The summed E-state index contributed by atoms with van der Waals surface area (Å²) in [5.41, 5.74) is 1.78. The van der Waals surface area contributed by atoms with Crippen molar-refractivity contribution in [2.24, 2.45) is 13.0 Å². The van der Waals surface area contributed by atoms with Crippen LogP contribution in [0.2, 0.25) is 0 Å². The number of pyridine rings is 1. The molecule has 0 bridgehead atoms. The van der Waals surface area contributed by atoms with Gasteiger partial charge in [-0.05, 0) is 49.3 Å². The zero-order valence-corrected chi connectivity index (χ0v) is 14.5. The molecule has 132 valence electrons. The molecule has 2 fully saturated rings. The first-order valence-corrected chi connectivity index (χ1v) is 9.01. The molecule has 1 aliphatic heterocycles. The van der Waals surface area contributed by atoms with Crippen molar-refractivity contribution in [3.8, 4) is 0 Å². The van der Waals surface area contributed by atoms with Crippen LogP contribution in [0.3, 0.4) is 0 Å². The summed E-state index contributed by atoms with van der Waals surface area (Å²) in [4.78, 5) is 19.0. The first-order valence-electron chi connectivity index (χ1n) is 9.01. The van der Waals surface area contributed by atoms with Gasteiger partial charge in [-0.2, -0.15) is 5.10 Å². The molecule has 1 amide bonds. The molecule has 6 nitrogen and oxygen atoms in total. The minimum atomic E-state index is 0.0412. The van der Waals surface area contributed by atoms with Gasteiger partial charge in [0.15, 0.2) is 0 Å². The Labute approximate surface area is 147 Å². The number of carbonyl (C=O) groups excluding carboxylic acids is 1. The summed E-state index contributed by atoms with van der Waals surface area (Å²) in [5, 5.41) is 4.26. The number of rotatable bonds is 6. The van der Waals surface area contributed by atoms with E-state index in [-0.39, 0.29) is 18.1 Å². The Kier molecular flexibility index (Phi) is 4.53. The summed E-state index contributed by atoms with van der Waals surface area (Å²) in [6, 6.07) is 3.69. The highest BCUT2D eigenvalue weighted by Crippen LogP contribution is 2.32. The molecule has 1 saturated heterocycles. The Morgan fingerprint density at radius 2 is 2.20 bits per heavy atom. The summed E-state index contributed by atoms with van der Waals surface area (Å²) in [7, 11) is 1.91. The molecule has 2 aliphatic rings. The van der Waals surface area contributed by atoms with Crippen molar-refractivity contribution in [1.82, 2.24) is 19.7 Å². The van der Waals surface area contributed by atoms with Crippen molar-refractivity contribution in [3.63, 3.8) is 0 Å². The van der Waals surface area contributed by atoms with E-state index in [1.54, 1.807) is 23.1 Å². The van der Waals surface area contributed by atoms with Gasteiger partial charge < -0.3 is 9.64 Å². The van der Waals surface area contributed by atoms with Crippen LogP contribution >= 0.6 is 0 Å². The second kappa shape index (κ2) is 6.96. The molecule has 25 heavy (non-hydrogen) atoms. The molecule has 0 unspecified atom stereocenters. The highest BCUT2D eigenvalue weighted by Gasteiger charge is 2.39. The number of ether oxygens (including phenoxy) is 1. The fourth-order valence-corrected chi connectivity index (χ4v) is 3.53. The Hall–Kier alpha value is -2.21. The van der Waals surface area contributed by atoms with E-state index < -0.39 is 0 Å². The van der Waals surface area contributed by atoms with E-state index in [1.165, 1.54) is 12.8 Å². The Morgan fingerprint density at radius 3 is 2.88 bits per heavy atom. The lowest BCUT2D eigenvalue weighted by Gasteiger charge is -2.28. The van der Waals surface area contributed by atoms with Crippen LogP contribution < -0.4 is 0 Å². The third-order valence-corrected chi connectivity index (χ3v) is 5.10. The predicted octanol–water partition coefficient (Wildman–Crippen LogP) is 2.07. The first-order chi connectivity index (χ1) is 12.2. The minimum Gasteiger partial charge on any atom is -0.376 e. The SMILES string of the molecule is Cn1cc(C[C@H]2[C@@H](OCC3CC3)CCN2C(=O)c2cccnc2)cn1. The maximum atomic E-state index is 13.0. The third-order valence-electron chi connectivity index (χ3n) is 5.10. The largest absolute Gasteiger partial charge is 0.376 e. The average molecular weight is 340 g/mol. The van der Waals surface area contributed by atoms with Crippen LogP contribution in [0.4, 0.5) is 0 Å². The number of aromatic nitrogens is 3. The van der Waals surface area contributed by atoms with Gasteiger partial charge in [-0.25, -0.2) is 0 Å². The number of carbonyl (C=O) groups is 1. The van der Waals surface area contributed by atoms with Gasteiger partial charge in [0.2, 0.25) is 0 Å². The molecule has 1 aliphatic carbocycles. The number of hydrogen-bond donors (Lipinski definition) is 0. The van der Waals surface area contributed by atoms with Crippen molar-refractivity contribution in [3.05, 3.63) is 48.0 Å². The second-order valence-electron chi connectivity index (χ2n) is 7.14. The van der Waals surface area contributed by atoms with Crippen LogP contribution in [0.1, 0.15) is 35.2 Å². The van der Waals surface area contributed by atoms with Crippen LogP contribution in [-0.2, 0) is 18.2 Å². The smallest absolute Gasteiger partial charge is 0.255 e. The zero-order chi connectivity index (χ0) is 17.2. The lowest BCUT2D eigenvalue weighted by atomic mass is 10.0.